The standard InChI is InChI=1S/C14H12N2O4/c17-12-9-3-1-2-4-10(9)13(18)16(12)11-6-5-8(7-15-11)14(19)20/h1-2,5-7,9-10H,3-4H2,(H,19,20). The van der Waals surface area contributed by atoms with Crippen LogP contribution in [0.15, 0.2) is 30.5 Å². The number of fused-ring (bicyclic) bond motifs is 1. The molecule has 0 saturated carbocycles. The molecular weight excluding hydrogens is 260 g/mol. The topological polar surface area (TPSA) is 87.6 Å². The molecular formula is C14H12N2O4. The molecule has 2 aliphatic rings. The number of aromatic nitrogens is 1. The molecule has 3 rings (SSSR count). The molecule has 2 heterocycles. The van der Waals surface area contributed by atoms with E-state index in [0.717, 1.165) is 11.1 Å². The molecule has 1 fully saturated rings. The van der Waals surface area contributed by atoms with Crippen molar-refractivity contribution in [2.24, 2.45) is 11.8 Å². The van der Waals surface area contributed by atoms with Crippen LogP contribution in [0.1, 0.15) is 23.2 Å². The Morgan fingerprint density at radius 1 is 1.15 bits per heavy atom. The van der Waals surface area contributed by atoms with Crippen molar-refractivity contribution in [1.82, 2.24) is 4.98 Å². The predicted molar refractivity (Wildman–Crippen MR) is 69.0 cm³/mol. The van der Waals surface area contributed by atoms with Gasteiger partial charge in [0.1, 0.15) is 5.82 Å². The monoisotopic (exact) mass is 272 g/mol. The highest BCUT2D eigenvalue weighted by Gasteiger charge is 2.48. The second-order valence-corrected chi connectivity index (χ2v) is 4.88. The number of carbonyl (C=O) groups excluding carboxylic acids is 2. The smallest absolute Gasteiger partial charge is 0.337 e. The number of anilines is 1. The number of carbonyl (C=O) groups is 3. The molecule has 0 bridgehead atoms. The minimum Gasteiger partial charge on any atom is -0.478 e. The van der Waals surface area contributed by atoms with E-state index in [1.54, 1.807) is 0 Å². The van der Waals surface area contributed by atoms with Crippen molar-refractivity contribution in [2.45, 2.75) is 12.8 Å². The number of carboxylic acid groups (broad SMARTS) is 1. The lowest BCUT2D eigenvalue weighted by atomic mass is 9.85. The molecule has 0 radical (unpaired) electrons. The van der Waals surface area contributed by atoms with Crippen LogP contribution >= 0.6 is 0 Å². The van der Waals surface area contributed by atoms with Gasteiger partial charge < -0.3 is 5.11 Å². The van der Waals surface area contributed by atoms with Crippen molar-refractivity contribution in [3.8, 4) is 0 Å². The first kappa shape index (κ1) is 12.5. The van der Waals surface area contributed by atoms with Gasteiger partial charge in [0, 0.05) is 6.20 Å². The highest BCUT2D eigenvalue weighted by molar-refractivity contribution is 6.21. The SMILES string of the molecule is O=C(O)c1ccc(N2C(=O)C3CC=CCC3C2=O)nc1. The van der Waals surface area contributed by atoms with Gasteiger partial charge in [-0.25, -0.2) is 14.7 Å². The van der Waals surface area contributed by atoms with E-state index in [0.29, 0.717) is 12.8 Å². The number of amides is 2. The van der Waals surface area contributed by atoms with Crippen LogP contribution in [0.3, 0.4) is 0 Å². The zero-order chi connectivity index (χ0) is 14.3. The first-order valence-electron chi connectivity index (χ1n) is 6.31. The number of imide groups is 1. The third kappa shape index (κ3) is 1.80. The second kappa shape index (κ2) is 4.56. The van der Waals surface area contributed by atoms with Crippen LogP contribution in [-0.2, 0) is 9.59 Å². The number of pyridine rings is 1. The molecule has 20 heavy (non-hydrogen) atoms. The lowest BCUT2D eigenvalue weighted by Crippen LogP contribution is -2.31. The molecule has 2 atom stereocenters. The summed E-state index contributed by atoms with van der Waals surface area (Å²) in [6, 6.07) is 2.73. The fraction of sp³-hybridized carbons (Fsp3) is 0.286. The number of nitrogens with zero attached hydrogens (tertiary/aromatic N) is 2. The highest BCUT2D eigenvalue weighted by Crippen LogP contribution is 2.36. The molecule has 1 aromatic rings. The number of hydrogen-bond acceptors (Lipinski definition) is 4. The van der Waals surface area contributed by atoms with E-state index < -0.39 is 5.97 Å². The Kier molecular flexibility index (Phi) is 2.85. The molecule has 2 unspecified atom stereocenters. The average Bonchev–Trinajstić information content (AvgIpc) is 2.72. The van der Waals surface area contributed by atoms with Crippen molar-refractivity contribution >= 4 is 23.6 Å². The summed E-state index contributed by atoms with van der Waals surface area (Å²) in [6.45, 7) is 0. The van der Waals surface area contributed by atoms with Gasteiger partial charge >= 0.3 is 5.97 Å². The van der Waals surface area contributed by atoms with E-state index in [2.05, 4.69) is 4.98 Å². The normalized spacial score (nSPS) is 24.9. The molecule has 1 saturated heterocycles. The van der Waals surface area contributed by atoms with E-state index in [-0.39, 0.29) is 35.0 Å². The van der Waals surface area contributed by atoms with Crippen LogP contribution in [0.2, 0.25) is 0 Å². The van der Waals surface area contributed by atoms with Crippen LogP contribution in [0, 0.1) is 11.8 Å². The minimum absolute atomic E-state index is 0.0203. The Morgan fingerprint density at radius 2 is 1.75 bits per heavy atom. The fourth-order valence-corrected chi connectivity index (χ4v) is 2.67. The molecule has 1 aliphatic carbocycles. The molecule has 0 aromatic carbocycles. The van der Waals surface area contributed by atoms with Crippen LogP contribution in [0.5, 0.6) is 0 Å². The maximum absolute atomic E-state index is 12.3. The van der Waals surface area contributed by atoms with Gasteiger partial charge in [0.15, 0.2) is 0 Å². The lowest BCUT2D eigenvalue weighted by molar-refractivity contribution is -0.122. The maximum Gasteiger partial charge on any atom is 0.337 e. The summed E-state index contributed by atoms with van der Waals surface area (Å²) in [5, 5.41) is 8.82. The van der Waals surface area contributed by atoms with Crippen molar-refractivity contribution in [3.05, 3.63) is 36.0 Å². The van der Waals surface area contributed by atoms with E-state index in [9.17, 15) is 14.4 Å². The summed E-state index contributed by atoms with van der Waals surface area (Å²) >= 11 is 0. The van der Waals surface area contributed by atoms with Crippen molar-refractivity contribution in [1.29, 1.82) is 0 Å². The molecule has 2 amide bonds. The van der Waals surface area contributed by atoms with Gasteiger partial charge in [-0.3, -0.25) is 9.59 Å². The van der Waals surface area contributed by atoms with Gasteiger partial charge in [-0.2, -0.15) is 0 Å². The van der Waals surface area contributed by atoms with Crippen LogP contribution in [0.25, 0.3) is 0 Å². The third-order valence-electron chi connectivity index (χ3n) is 3.73. The molecule has 6 nitrogen and oxygen atoms in total. The van der Waals surface area contributed by atoms with Gasteiger partial charge in [0.25, 0.3) is 0 Å². The number of aromatic carboxylic acids is 1. The first-order valence-corrected chi connectivity index (χ1v) is 6.31. The predicted octanol–water partition coefficient (Wildman–Crippen LogP) is 1.24. The van der Waals surface area contributed by atoms with Crippen LogP contribution in [-0.4, -0.2) is 27.9 Å². The number of hydrogen-bond donors (Lipinski definition) is 1. The number of carboxylic acids is 1. The Labute approximate surface area is 114 Å². The quantitative estimate of drug-likeness (QED) is 0.646. The van der Waals surface area contributed by atoms with Crippen molar-refractivity contribution in [2.75, 3.05) is 4.90 Å². The highest BCUT2D eigenvalue weighted by atomic mass is 16.4. The average molecular weight is 272 g/mol. The maximum atomic E-state index is 12.3. The molecule has 1 N–H and O–H groups in total. The summed E-state index contributed by atoms with van der Waals surface area (Å²) in [5.41, 5.74) is 0.0203. The number of allylic oxidation sites excluding steroid dienone is 2. The first-order chi connectivity index (χ1) is 9.59. The molecule has 102 valence electrons. The second-order valence-electron chi connectivity index (χ2n) is 4.88. The van der Waals surface area contributed by atoms with Gasteiger partial charge in [-0.05, 0) is 25.0 Å². The van der Waals surface area contributed by atoms with Crippen LogP contribution in [0.4, 0.5) is 5.82 Å². The van der Waals surface area contributed by atoms with Gasteiger partial charge in [-0.15, -0.1) is 0 Å². The Balaban J connectivity index is 1.92. The van der Waals surface area contributed by atoms with Gasteiger partial charge in [-0.1, -0.05) is 12.2 Å². The van der Waals surface area contributed by atoms with Crippen LogP contribution < -0.4 is 4.90 Å². The summed E-state index contributed by atoms with van der Waals surface area (Å²) in [4.78, 5) is 40.3. The summed E-state index contributed by atoms with van der Waals surface area (Å²) in [6.07, 6.45) is 6.12. The summed E-state index contributed by atoms with van der Waals surface area (Å²) in [5.74, 6) is -2.03. The largest absolute Gasteiger partial charge is 0.478 e. The molecule has 1 aliphatic heterocycles. The van der Waals surface area contributed by atoms with Crippen molar-refractivity contribution < 1.29 is 19.5 Å². The van der Waals surface area contributed by atoms with E-state index in [4.69, 9.17) is 5.11 Å². The molecule has 0 spiro atoms. The van der Waals surface area contributed by atoms with Gasteiger partial charge in [0.05, 0.1) is 17.4 Å². The zero-order valence-electron chi connectivity index (χ0n) is 10.5. The van der Waals surface area contributed by atoms with E-state index in [1.165, 1.54) is 12.1 Å². The lowest BCUT2D eigenvalue weighted by Gasteiger charge is -2.14. The Bertz CT molecular complexity index is 595. The minimum atomic E-state index is -1.10. The van der Waals surface area contributed by atoms with E-state index >= 15 is 0 Å². The molecule has 6 heteroatoms. The summed E-state index contributed by atoms with van der Waals surface area (Å²) < 4.78 is 0. The molecule has 1 aromatic heterocycles. The zero-order valence-corrected chi connectivity index (χ0v) is 10.5. The number of rotatable bonds is 2. The summed E-state index contributed by atoms with van der Waals surface area (Å²) in [7, 11) is 0. The van der Waals surface area contributed by atoms with Crippen molar-refractivity contribution in [3.63, 3.8) is 0 Å². The fourth-order valence-electron chi connectivity index (χ4n) is 2.67. The van der Waals surface area contributed by atoms with Gasteiger partial charge in [0.2, 0.25) is 11.8 Å². The van der Waals surface area contributed by atoms with E-state index in [1.807, 2.05) is 12.2 Å². The third-order valence-corrected chi connectivity index (χ3v) is 3.73. The Hall–Kier alpha value is -2.50. The Morgan fingerprint density at radius 3 is 2.20 bits per heavy atom.